The molecule has 0 amide bonds. The summed E-state index contributed by atoms with van der Waals surface area (Å²) in [6, 6.07) is 19.0. The summed E-state index contributed by atoms with van der Waals surface area (Å²) < 4.78 is 11.9. The maximum absolute atomic E-state index is 13.1. The third-order valence-electron chi connectivity index (χ3n) is 7.47. The highest BCUT2D eigenvalue weighted by molar-refractivity contribution is 5.87. The maximum atomic E-state index is 13.1. The summed E-state index contributed by atoms with van der Waals surface area (Å²) in [7, 11) is 0. The molecule has 1 saturated heterocycles. The zero-order chi connectivity index (χ0) is 25.2. The van der Waals surface area contributed by atoms with Crippen molar-refractivity contribution in [2.75, 3.05) is 26.3 Å². The third-order valence-corrected chi connectivity index (χ3v) is 7.47. The predicted octanol–water partition coefficient (Wildman–Crippen LogP) is 4.88. The molecule has 194 valence electrons. The second-order valence-corrected chi connectivity index (χ2v) is 10.1. The van der Waals surface area contributed by atoms with Crippen molar-refractivity contribution in [3.05, 3.63) is 71.3 Å². The van der Waals surface area contributed by atoms with Gasteiger partial charge >= 0.3 is 5.97 Å². The lowest BCUT2D eigenvalue weighted by atomic mass is 9.92. The van der Waals surface area contributed by atoms with Crippen LogP contribution in [-0.4, -0.2) is 60.2 Å². The molecule has 36 heavy (non-hydrogen) atoms. The molecule has 0 bridgehead atoms. The Labute approximate surface area is 214 Å². The number of unbranched alkanes of at least 4 members (excludes halogenated alkanes) is 3. The molecule has 0 radical (unpaired) electrons. The van der Waals surface area contributed by atoms with Gasteiger partial charge in [0.25, 0.3) is 0 Å². The van der Waals surface area contributed by atoms with Crippen molar-refractivity contribution in [3.63, 3.8) is 0 Å². The molecule has 2 fully saturated rings. The van der Waals surface area contributed by atoms with Crippen LogP contribution < -0.4 is 0 Å². The van der Waals surface area contributed by atoms with E-state index in [9.17, 15) is 9.59 Å². The SMILES string of the molecule is O=C(O)CCCCCC[C@H]1[C@@H](OCc2ccc(Cc3ccccc3)cc2)CC(=O)[C@@H]1N1CCOCC1. The Morgan fingerprint density at radius 1 is 0.917 bits per heavy atom. The Hall–Kier alpha value is -2.54. The molecule has 2 aromatic rings. The molecule has 4 rings (SSSR count). The first-order valence-electron chi connectivity index (χ1n) is 13.4. The molecule has 0 aromatic heterocycles. The van der Waals surface area contributed by atoms with Gasteiger partial charge in [-0.25, -0.2) is 0 Å². The summed E-state index contributed by atoms with van der Waals surface area (Å²) >= 11 is 0. The predicted molar refractivity (Wildman–Crippen MR) is 139 cm³/mol. The fourth-order valence-electron chi connectivity index (χ4n) is 5.57. The van der Waals surface area contributed by atoms with Crippen molar-refractivity contribution in [2.24, 2.45) is 5.92 Å². The molecule has 3 atom stereocenters. The Bertz CT molecular complexity index is 955. The van der Waals surface area contributed by atoms with E-state index in [0.717, 1.165) is 50.8 Å². The third kappa shape index (κ3) is 7.73. The molecule has 0 unspecified atom stereocenters. The summed E-state index contributed by atoms with van der Waals surface area (Å²) in [5, 5.41) is 8.85. The molecule has 1 aliphatic heterocycles. The lowest BCUT2D eigenvalue weighted by molar-refractivity contribution is -0.137. The maximum Gasteiger partial charge on any atom is 0.303 e. The number of nitrogens with zero attached hydrogens (tertiary/aromatic N) is 1. The summed E-state index contributed by atoms with van der Waals surface area (Å²) in [5.41, 5.74) is 3.70. The number of hydrogen-bond donors (Lipinski definition) is 1. The van der Waals surface area contributed by atoms with Crippen LogP contribution in [0.4, 0.5) is 0 Å². The Balaban J connectivity index is 1.33. The number of rotatable bonds is 13. The van der Waals surface area contributed by atoms with Crippen LogP contribution in [0.3, 0.4) is 0 Å². The second-order valence-electron chi connectivity index (χ2n) is 10.1. The minimum absolute atomic E-state index is 0.0756. The topological polar surface area (TPSA) is 76.1 Å². The molecule has 2 aromatic carbocycles. The van der Waals surface area contributed by atoms with E-state index in [-0.39, 0.29) is 30.3 Å². The summed E-state index contributed by atoms with van der Waals surface area (Å²) in [6.45, 7) is 3.44. The van der Waals surface area contributed by atoms with Crippen molar-refractivity contribution in [1.82, 2.24) is 4.90 Å². The van der Waals surface area contributed by atoms with Crippen LogP contribution in [0.25, 0.3) is 0 Å². The standard InChI is InChI=1S/C30H39NO5/c32-27-21-28(36-22-25-14-12-24(13-15-25)20-23-8-4-3-5-9-23)26(10-6-1-2-7-11-29(33)34)30(27)31-16-18-35-19-17-31/h3-5,8-9,12-15,26,28,30H,1-2,6-7,10-11,16-22H2,(H,33,34)/t26-,28-,30+/m0/s1. The number of aliphatic carboxylic acids is 1. The molecule has 6 nitrogen and oxygen atoms in total. The fraction of sp³-hybridized carbons (Fsp3) is 0.533. The van der Waals surface area contributed by atoms with Gasteiger partial charge in [-0.05, 0) is 36.0 Å². The molecule has 1 aliphatic carbocycles. The molecule has 1 heterocycles. The molecule has 6 heteroatoms. The van der Waals surface area contributed by atoms with Gasteiger partial charge in [0.15, 0.2) is 5.78 Å². The van der Waals surface area contributed by atoms with E-state index in [1.54, 1.807) is 0 Å². The largest absolute Gasteiger partial charge is 0.481 e. The average Bonchev–Trinajstić information content (AvgIpc) is 3.21. The summed E-state index contributed by atoms with van der Waals surface area (Å²) in [5.74, 6) is -0.270. The van der Waals surface area contributed by atoms with Crippen molar-refractivity contribution >= 4 is 11.8 Å². The van der Waals surface area contributed by atoms with Crippen molar-refractivity contribution in [3.8, 4) is 0 Å². The van der Waals surface area contributed by atoms with Gasteiger partial charge < -0.3 is 14.6 Å². The van der Waals surface area contributed by atoms with Crippen LogP contribution in [0.2, 0.25) is 0 Å². The van der Waals surface area contributed by atoms with E-state index in [1.165, 1.54) is 11.1 Å². The lowest BCUT2D eigenvalue weighted by Gasteiger charge is -2.35. The van der Waals surface area contributed by atoms with Crippen molar-refractivity contribution in [2.45, 2.75) is 70.1 Å². The Morgan fingerprint density at radius 3 is 2.31 bits per heavy atom. The fourth-order valence-corrected chi connectivity index (χ4v) is 5.57. The highest BCUT2D eigenvalue weighted by Crippen LogP contribution is 2.35. The van der Waals surface area contributed by atoms with E-state index < -0.39 is 5.97 Å². The first-order chi connectivity index (χ1) is 17.6. The number of Topliss-reactive ketones (excluding diaryl/α,β-unsaturated/α-hetero) is 1. The van der Waals surface area contributed by atoms with Gasteiger partial charge in [0, 0.05) is 31.8 Å². The molecular formula is C30H39NO5. The normalized spacial score (nSPS) is 22.7. The van der Waals surface area contributed by atoms with Crippen molar-refractivity contribution in [1.29, 1.82) is 0 Å². The number of ketones is 1. The van der Waals surface area contributed by atoms with E-state index in [4.69, 9.17) is 14.6 Å². The first-order valence-corrected chi connectivity index (χ1v) is 13.4. The van der Waals surface area contributed by atoms with Crippen LogP contribution >= 0.6 is 0 Å². The Kier molecular flexibility index (Phi) is 10.1. The lowest BCUT2D eigenvalue weighted by Crippen LogP contribution is -2.49. The molecule has 1 N–H and O–H groups in total. The average molecular weight is 494 g/mol. The molecule has 0 spiro atoms. The number of ether oxygens (including phenoxy) is 2. The number of carbonyl (C=O) groups excluding carboxylic acids is 1. The van der Waals surface area contributed by atoms with Gasteiger partial charge in [-0.15, -0.1) is 0 Å². The summed E-state index contributed by atoms with van der Waals surface area (Å²) in [4.78, 5) is 26.2. The van der Waals surface area contributed by atoms with Crippen LogP contribution in [-0.2, 0) is 32.1 Å². The number of benzene rings is 2. The van der Waals surface area contributed by atoms with Gasteiger partial charge in [0.05, 0.1) is 32.0 Å². The first kappa shape index (κ1) is 26.5. The van der Waals surface area contributed by atoms with Crippen LogP contribution in [0.1, 0.15) is 61.6 Å². The van der Waals surface area contributed by atoms with Gasteiger partial charge in [-0.2, -0.15) is 0 Å². The highest BCUT2D eigenvalue weighted by atomic mass is 16.5. The van der Waals surface area contributed by atoms with E-state index >= 15 is 0 Å². The molecule has 1 saturated carbocycles. The molecule has 2 aliphatic rings. The number of carbonyl (C=O) groups is 2. The second kappa shape index (κ2) is 13.7. The number of carboxylic acid groups (broad SMARTS) is 1. The van der Waals surface area contributed by atoms with E-state index in [0.29, 0.717) is 32.7 Å². The van der Waals surface area contributed by atoms with Crippen LogP contribution in [0.15, 0.2) is 54.6 Å². The minimum Gasteiger partial charge on any atom is -0.481 e. The zero-order valence-corrected chi connectivity index (χ0v) is 21.1. The van der Waals surface area contributed by atoms with Gasteiger partial charge in [-0.3, -0.25) is 14.5 Å². The van der Waals surface area contributed by atoms with Gasteiger partial charge in [0.1, 0.15) is 0 Å². The van der Waals surface area contributed by atoms with Gasteiger partial charge in [-0.1, -0.05) is 73.9 Å². The zero-order valence-electron chi connectivity index (χ0n) is 21.1. The number of carboxylic acids is 1. The Morgan fingerprint density at radius 2 is 1.58 bits per heavy atom. The van der Waals surface area contributed by atoms with Gasteiger partial charge in [0.2, 0.25) is 0 Å². The highest BCUT2D eigenvalue weighted by Gasteiger charge is 2.45. The monoisotopic (exact) mass is 493 g/mol. The van der Waals surface area contributed by atoms with Crippen molar-refractivity contribution < 1.29 is 24.2 Å². The van der Waals surface area contributed by atoms with Crippen LogP contribution in [0, 0.1) is 5.92 Å². The quantitative estimate of drug-likeness (QED) is 0.401. The van der Waals surface area contributed by atoms with E-state index in [2.05, 4.69) is 53.4 Å². The number of hydrogen-bond acceptors (Lipinski definition) is 5. The van der Waals surface area contributed by atoms with E-state index in [1.807, 2.05) is 6.07 Å². The number of morpholine rings is 1. The smallest absolute Gasteiger partial charge is 0.303 e. The minimum atomic E-state index is -0.731. The van der Waals surface area contributed by atoms with Crippen LogP contribution in [0.5, 0.6) is 0 Å². The molecular weight excluding hydrogens is 454 g/mol. The summed E-state index contributed by atoms with van der Waals surface area (Å²) in [6.07, 6.45) is 6.08.